The molecule has 2 unspecified atom stereocenters. The van der Waals surface area contributed by atoms with Gasteiger partial charge in [0.05, 0.1) is 4.90 Å². The van der Waals surface area contributed by atoms with Crippen LogP contribution in [0.15, 0.2) is 82.2 Å². The minimum atomic E-state index is -3.70. The van der Waals surface area contributed by atoms with Crippen LogP contribution < -0.4 is 14.4 Å². The van der Waals surface area contributed by atoms with Gasteiger partial charge in [0.25, 0.3) is 5.91 Å². The molecule has 0 bridgehead atoms. The van der Waals surface area contributed by atoms with Crippen molar-refractivity contribution in [2.75, 3.05) is 11.5 Å². The molecule has 2 atom stereocenters. The van der Waals surface area contributed by atoms with Crippen molar-refractivity contribution in [2.24, 2.45) is 0 Å². The van der Waals surface area contributed by atoms with E-state index in [2.05, 4.69) is 20.7 Å². The first-order valence-corrected chi connectivity index (χ1v) is 12.9. The Morgan fingerprint density at radius 3 is 2.52 bits per heavy atom. The summed E-state index contributed by atoms with van der Waals surface area (Å²) in [6, 6.07) is 21.0. The molecule has 0 fully saturated rings. The summed E-state index contributed by atoms with van der Waals surface area (Å²) in [5, 5.41) is 0. The number of hydrogen-bond donors (Lipinski definition) is 1. The number of nitrogens with zero attached hydrogens (tertiary/aromatic N) is 1. The van der Waals surface area contributed by atoms with Crippen molar-refractivity contribution in [3.63, 3.8) is 0 Å². The van der Waals surface area contributed by atoms with Crippen LogP contribution in [0.2, 0.25) is 0 Å². The van der Waals surface area contributed by atoms with Gasteiger partial charge in [0.2, 0.25) is 10.0 Å². The van der Waals surface area contributed by atoms with Gasteiger partial charge in [-0.15, -0.1) is 0 Å². The molecule has 1 heterocycles. The van der Waals surface area contributed by atoms with Crippen molar-refractivity contribution in [3.05, 3.63) is 88.4 Å². The first-order chi connectivity index (χ1) is 15.7. The van der Waals surface area contributed by atoms with Crippen molar-refractivity contribution in [2.45, 2.75) is 37.2 Å². The Hall–Kier alpha value is -2.68. The quantitative estimate of drug-likeness (QED) is 0.475. The Kier molecular flexibility index (Phi) is 6.88. The van der Waals surface area contributed by atoms with Gasteiger partial charge in [-0.05, 0) is 73.9 Å². The van der Waals surface area contributed by atoms with Crippen LogP contribution in [0.3, 0.4) is 0 Å². The van der Waals surface area contributed by atoms with E-state index in [1.807, 2.05) is 55.5 Å². The van der Waals surface area contributed by atoms with E-state index in [1.165, 1.54) is 12.1 Å². The zero-order valence-corrected chi connectivity index (χ0v) is 20.8. The fourth-order valence-electron chi connectivity index (χ4n) is 4.02. The first-order valence-electron chi connectivity index (χ1n) is 10.7. The Morgan fingerprint density at radius 1 is 1.12 bits per heavy atom. The van der Waals surface area contributed by atoms with Gasteiger partial charge in [0.15, 0.2) is 6.61 Å². The Morgan fingerprint density at radius 2 is 1.82 bits per heavy atom. The lowest BCUT2D eigenvalue weighted by atomic mass is 10.1. The Balaban J connectivity index is 1.38. The van der Waals surface area contributed by atoms with Gasteiger partial charge in [-0.1, -0.05) is 46.3 Å². The molecule has 172 valence electrons. The predicted octanol–water partition coefficient (Wildman–Crippen LogP) is 4.85. The highest BCUT2D eigenvalue weighted by Gasteiger charge is 2.31. The van der Waals surface area contributed by atoms with Gasteiger partial charge in [-0.2, -0.15) is 0 Å². The van der Waals surface area contributed by atoms with Gasteiger partial charge in [-0.3, -0.25) is 4.79 Å². The minimum Gasteiger partial charge on any atom is -0.484 e. The monoisotopic (exact) mass is 528 g/mol. The lowest BCUT2D eigenvalue weighted by Gasteiger charge is -2.22. The molecule has 1 N–H and O–H groups in total. The van der Waals surface area contributed by atoms with Crippen LogP contribution in [-0.2, 0) is 21.2 Å². The number of rotatable bonds is 7. The normalized spacial score (nSPS) is 16.3. The highest BCUT2D eigenvalue weighted by molar-refractivity contribution is 9.10. The molecule has 4 rings (SSSR count). The molecule has 0 saturated carbocycles. The van der Waals surface area contributed by atoms with Crippen LogP contribution in [0.4, 0.5) is 5.69 Å². The van der Waals surface area contributed by atoms with Crippen LogP contribution in [0, 0.1) is 0 Å². The van der Waals surface area contributed by atoms with Crippen LogP contribution in [0.25, 0.3) is 0 Å². The fraction of sp³-hybridized carbons (Fsp3) is 0.240. The number of ether oxygens (including phenoxy) is 1. The molecular formula is C25H25BrN2O4S. The number of fused-ring (bicyclic) bond motifs is 1. The molecule has 6 nitrogen and oxygen atoms in total. The molecule has 0 aliphatic carbocycles. The van der Waals surface area contributed by atoms with Crippen molar-refractivity contribution in [1.82, 2.24) is 4.72 Å². The zero-order valence-electron chi connectivity index (χ0n) is 18.4. The largest absolute Gasteiger partial charge is 0.484 e. The number of carbonyl (C=O) groups excluding carboxylic acids is 1. The molecule has 33 heavy (non-hydrogen) atoms. The van der Waals surface area contributed by atoms with Gasteiger partial charge in [0, 0.05) is 22.2 Å². The lowest BCUT2D eigenvalue weighted by Crippen LogP contribution is -2.39. The number of amides is 1. The van der Waals surface area contributed by atoms with Crippen LogP contribution >= 0.6 is 15.9 Å². The number of hydrogen-bond acceptors (Lipinski definition) is 4. The average Bonchev–Trinajstić information content (AvgIpc) is 3.12. The maximum Gasteiger partial charge on any atom is 0.265 e. The number of halogens is 1. The molecule has 0 aromatic heterocycles. The SMILES string of the molecule is CC(NS(=O)(=O)c1ccc(OCC(=O)N2c3ccc(Br)cc3CC2C)cc1)c1ccccc1. The molecule has 3 aromatic carbocycles. The van der Waals surface area contributed by atoms with E-state index in [9.17, 15) is 13.2 Å². The van der Waals surface area contributed by atoms with E-state index in [-0.39, 0.29) is 29.5 Å². The van der Waals surface area contributed by atoms with Gasteiger partial charge >= 0.3 is 0 Å². The maximum absolute atomic E-state index is 12.8. The molecule has 1 aliphatic heterocycles. The summed E-state index contributed by atoms with van der Waals surface area (Å²) in [5.74, 6) is 0.292. The maximum atomic E-state index is 12.8. The van der Waals surface area contributed by atoms with E-state index in [0.29, 0.717) is 5.75 Å². The minimum absolute atomic E-state index is 0.0515. The van der Waals surface area contributed by atoms with Gasteiger partial charge in [0.1, 0.15) is 5.75 Å². The molecule has 0 radical (unpaired) electrons. The van der Waals surface area contributed by atoms with Crippen molar-refractivity contribution < 1.29 is 17.9 Å². The highest BCUT2D eigenvalue weighted by atomic mass is 79.9. The third-order valence-electron chi connectivity index (χ3n) is 5.65. The summed E-state index contributed by atoms with van der Waals surface area (Å²) >= 11 is 3.47. The summed E-state index contributed by atoms with van der Waals surface area (Å²) in [5.41, 5.74) is 2.90. The number of carbonyl (C=O) groups is 1. The van der Waals surface area contributed by atoms with E-state index >= 15 is 0 Å². The fourth-order valence-corrected chi connectivity index (χ4v) is 5.66. The molecular weight excluding hydrogens is 504 g/mol. The van der Waals surface area contributed by atoms with Gasteiger partial charge in [-0.25, -0.2) is 13.1 Å². The van der Waals surface area contributed by atoms with Crippen molar-refractivity contribution >= 4 is 37.5 Å². The van der Waals surface area contributed by atoms with Gasteiger partial charge < -0.3 is 9.64 Å². The Bertz CT molecular complexity index is 1250. The topological polar surface area (TPSA) is 75.7 Å². The number of sulfonamides is 1. The summed E-state index contributed by atoms with van der Waals surface area (Å²) in [6.07, 6.45) is 0.793. The number of benzene rings is 3. The summed E-state index contributed by atoms with van der Waals surface area (Å²) in [4.78, 5) is 14.7. The second-order valence-corrected chi connectivity index (χ2v) is 10.7. The third-order valence-corrected chi connectivity index (χ3v) is 7.70. The highest BCUT2D eigenvalue weighted by Crippen LogP contribution is 2.34. The summed E-state index contributed by atoms with van der Waals surface area (Å²) < 4.78 is 34.8. The number of nitrogens with one attached hydrogen (secondary N) is 1. The van der Waals surface area contributed by atoms with Crippen molar-refractivity contribution in [3.8, 4) is 5.75 Å². The van der Waals surface area contributed by atoms with Crippen LogP contribution in [0.5, 0.6) is 5.75 Å². The molecule has 1 aliphatic rings. The summed E-state index contributed by atoms with van der Waals surface area (Å²) in [7, 11) is -3.70. The average molecular weight is 529 g/mol. The second-order valence-electron chi connectivity index (χ2n) is 8.10. The molecule has 3 aromatic rings. The molecule has 8 heteroatoms. The number of anilines is 1. The smallest absolute Gasteiger partial charge is 0.265 e. The van der Waals surface area contributed by atoms with E-state index in [1.54, 1.807) is 24.0 Å². The molecule has 1 amide bonds. The summed E-state index contributed by atoms with van der Waals surface area (Å²) in [6.45, 7) is 3.68. The van der Waals surface area contributed by atoms with E-state index in [0.717, 1.165) is 27.7 Å². The standard InChI is InChI=1S/C25H25BrN2O4S/c1-17-14-20-15-21(26)8-13-24(20)28(17)25(29)16-32-22-9-11-23(12-10-22)33(30,31)27-18(2)19-6-4-3-5-7-19/h3-13,15,17-18,27H,14,16H2,1-2H3. The predicted molar refractivity (Wildman–Crippen MR) is 132 cm³/mol. The lowest BCUT2D eigenvalue weighted by molar-refractivity contribution is -0.120. The van der Waals surface area contributed by atoms with E-state index in [4.69, 9.17) is 4.74 Å². The van der Waals surface area contributed by atoms with E-state index < -0.39 is 10.0 Å². The molecule has 0 spiro atoms. The third kappa shape index (κ3) is 5.29. The second kappa shape index (κ2) is 9.67. The van der Waals surface area contributed by atoms with Crippen molar-refractivity contribution in [1.29, 1.82) is 0 Å². The Labute approximate surface area is 202 Å². The first kappa shape index (κ1) is 23.5. The molecule has 0 saturated heterocycles. The zero-order chi connectivity index (χ0) is 23.6. The van der Waals surface area contributed by atoms with Crippen LogP contribution in [0.1, 0.15) is 31.0 Å². The van der Waals surface area contributed by atoms with Crippen LogP contribution in [-0.4, -0.2) is 27.0 Å².